The number of sulfonamides is 1. The van der Waals surface area contributed by atoms with Gasteiger partial charge in [-0.05, 0) is 73.4 Å². The smallest absolute Gasteiger partial charge is 0.264 e. The number of carbonyl (C=O) groups excluding carboxylic acids is 2. The Morgan fingerprint density at radius 2 is 1.53 bits per heavy atom. The molecule has 0 saturated carbocycles. The van der Waals surface area contributed by atoms with Gasteiger partial charge in [0.1, 0.15) is 18.4 Å². The summed E-state index contributed by atoms with van der Waals surface area (Å²) in [6.45, 7) is 5.20. The predicted molar refractivity (Wildman–Crippen MR) is 176 cm³/mol. The number of aryl methyl sites for hydroxylation is 1. The normalized spacial score (nSPS) is 11.9. The molecule has 4 aromatic rings. The maximum absolute atomic E-state index is 14.5. The third kappa shape index (κ3) is 8.49. The van der Waals surface area contributed by atoms with E-state index in [0.29, 0.717) is 29.1 Å². The van der Waals surface area contributed by atoms with Crippen LogP contribution in [0.3, 0.4) is 0 Å². The number of hydrogen-bond acceptors (Lipinski definition) is 4. The van der Waals surface area contributed by atoms with Crippen LogP contribution >= 0.6 is 11.6 Å². The molecule has 1 atom stereocenters. The Bertz CT molecular complexity index is 1720. The average molecular weight is 650 g/mol. The summed E-state index contributed by atoms with van der Waals surface area (Å²) in [5.41, 5.74) is 3.00. The Balaban J connectivity index is 1.82. The zero-order valence-corrected chi connectivity index (χ0v) is 27.1. The minimum Gasteiger partial charge on any atom is -0.354 e. The molecular weight excluding hydrogens is 613 g/mol. The number of anilines is 1. The lowest BCUT2D eigenvalue weighted by molar-refractivity contribution is -0.140. The van der Waals surface area contributed by atoms with E-state index in [-0.39, 0.29) is 29.5 Å². The number of nitrogens with one attached hydrogen (secondary N) is 1. The molecular formula is C35H37ClFN3O4S. The monoisotopic (exact) mass is 649 g/mol. The molecule has 0 aliphatic rings. The summed E-state index contributed by atoms with van der Waals surface area (Å²) in [7, 11) is -4.26. The summed E-state index contributed by atoms with van der Waals surface area (Å²) in [6, 6.07) is 25.2. The number of carbonyl (C=O) groups is 2. The van der Waals surface area contributed by atoms with E-state index in [1.807, 2.05) is 44.2 Å². The molecule has 10 heteroatoms. The van der Waals surface area contributed by atoms with Crippen molar-refractivity contribution >= 4 is 39.1 Å². The summed E-state index contributed by atoms with van der Waals surface area (Å²) in [5, 5.41) is 3.24. The molecule has 4 aromatic carbocycles. The summed E-state index contributed by atoms with van der Waals surface area (Å²) >= 11 is 6.42. The van der Waals surface area contributed by atoms with Crippen LogP contribution in [0.25, 0.3) is 0 Å². The SMILES string of the molecule is CCCNC(=O)[C@@H](Cc1ccccc1)N(Cc1ccc(F)cc1)C(=O)CN(c1cccc(Cl)c1C)S(=O)(=O)c1ccc(C)cc1. The van der Waals surface area contributed by atoms with Crippen LogP contribution in [0, 0.1) is 19.7 Å². The molecule has 0 saturated heterocycles. The zero-order valence-electron chi connectivity index (χ0n) is 25.5. The van der Waals surface area contributed by atoms with Crippen LogP contribution in [0.1, 0.15) is 35.6 Å². The van der Waals surface area contributed by atoms with E-state index in [1.165, 1.54) is 29.2 Å². The highest BCUT2D eigenvalue weighted by Gasteiger charge is 2.35. The number of benzene rings is 4. The highest BCUT2D eigenvalue weighted by atomic mass is 35.5. The third-order valence-corrected chi connectivity index (χ3v) is 9.67. The first-order valence-corrected chi connectivity index (χ1v) is 16.5. The molecule has 0 aliphatic carbocycles. The molecule has 4 rings (SSSR count). The van der Waals surface area contributed by atoms with Crippen molar-refractivity contribution < 1.29 is 22.4 Å². The van der Waals surface area contributed by atoms with Gasteiger partial charge in [-0.1, -0.05) is 84.8 Å². The molecule has 45 heavy (non-hydrogen) atoms. The zero-order chi connectivity index (χ0) is 32.6. The first-order valence-electron chi connectivity index (χ1n) is 14.7. The van der Waals surface area contributed by atoms with Gasteiger partial charge < -0.3 is 10.2 Å². The first kappa shape index (κ1) is 33.7. The van der Waals surface area contributed by atoms with Crippen LogP contribution in [0.15, 0.2) is 102 Å². The standard InChI is InChI=1S/C35H37ClFN3O4S/c1-4-21-38-35(42)33(22-27-9-6-5-7-10-27)39(23-28-15-17-29(37)18-16-28)34(41)24-40(32-12-8-11-31(36)26(32)3)45(43,44)30-19-13-25(2)14-20-30/h5-20,33H,4,21-24H2,1-3H3,(H,38,42)/t33-/m1/s1. The fourth-order valence-corrected chi connectivity index (χ4v) is 6.56. The van der Waals surface area contributed by atoms with E-state index in [1.54, 1.807) is 49.4 Å². The Labute approximate surface area is 269 Å². The van der Waals surface area contributed by atoms with Gasteiger partial charge in [-0.25, -0.2) is 12.8 Å². The summed E-state index contributed by atoms with van der Waals surface area (Å²) < 4.78 is 43.2. The van der Waals surface area contributed by atoms with Crippen LogP contribution in [0.2, 0.25) is 5.02 Å². The maximum atomic E-state index is 14.5. The van der Waals surface area contributed by atoms with Crippen LogP contribution < -0.4 is 9.62 Å². The van der Waals surface area contributed by atoms with E-state index in [0.717, 1.165) is 15.4 Å². The van der Waals surface area contributed by atoms with Gasteiger partial charge in [0.25, 0.3) is 10.0 Å². The van der Waals surface area contributed by atoms with Crippen molar-refractivity contribution in [1.82, 2.24) is 10.2 Å². The lowest BCUT2D eigenvalue weighted by Gasteiger charge is -2.34. The number of halogens is 2. The lowest BCUT2D eigenvalue weighted by atomic mass is 10.0. The second kappa shape index (κ2) is 15.2. The molecule has 0 bridgehead atoms. The molecule has 0 fully saturated rings. The molecule has 0 heterocycles. The van der Waals surface area contributed by atoms with Crippen molar-refractivity contribution in [2.75, 3.05) is 17.4 Å². The molecule has 7 nitrogen and oxygen atoms in total. The minimum atomic E-state index is -4.26. The molecule has 2 amide bonds. The largest absolute Gasteiger partial charge is 0.354 e. The molecule has 0 aromatic heterocycles. The van der Waals surface area contributed by atoms with Gasteiger partial charge in [-0.3, -0.25) is 13.9 Å². The Morgan fingerprint density at radius 3 is 2.18 bits per heavy atom. The molecule has 0 unspecified atom stereocenters. The van der Waals surface area contributed by atoms with Gasteiger partial charge in [0, 0.05) is 24.5 Å². The Morgan fingerprint density at radius 1 is 0.867 bits per heavy atom. The summed E-state index contributed by atoms with van der Waals surface area (Å²) in [6.07, 6.45) is 0.872. The van der Waals surface area contributed by atoms with Crippen molar-refractivity contribution in [3.63, 3.8) is 0 Å². The van der Waals surface area contributed by atoms with E-state index < -0.39 is 34.3 Å². The van der Waals surface area contributed by atoms with Crippen LogP contribution in [0.5, 0.6) is 0 Å². The Hall–Kier alpha value is -4.21. The topological polar surface area (TPSA) is 86.8 Å². The number of rotatable bonds is 13. The van der Waals surface area contributed by atoms with Crippen molar-refractivity contribution in [2.45, 2.75) is 51.1 Å². The molecule has 1 N–H and O–H groups in total. The lowest BCUT2D eigenvalue weighted by Crippen LogP contribution is -2.53. The molecule has 0 spiro atoms. The summed E-state index contributed by atoms with van der Waals surface area (Å²) in [4.78, 5) is 29.5. The van der Waals surface area contributed by atoms with Gasteiger partial charge in [0.2, 0.25) is 11.8 Å². The van der Waals surface area contributed by atoms with E-state index in [4.69, 9.17) is 11.6 Å². The van der Waals surface area contributed by atoms with Crippen LogP contribution in [-0.2, 0) is 32.6 Å². The Kier molecular flexibility index (Phi) is 11.4. The highest BCUT2D eigenvalue weighted by molar-refractivity contribution is 7.92. The highest BCUT2D eigenvalue weighted by Crippen LogP contribution is 2.31. The van der Waals surface area contributed by atoms with Crippen molar-refractivity contribution in [3.8, 4) is 0 Å². The fourth-order valence-electron chi connectivity index (χ4n) is 4.92. The molecule has 0 aliphatic heterocycles. The van der Waals surface area contributed by atoms with E-state index in [2.05, 4.69) is 5.32 Å². The third-order valence-electron chi connectivity index (χ3n) is 7.48. The number of nitrogens with zero attached hydrogens (tertiary/aromatic N) is 2. The maximum Gasteiger partial charge on any atom is 0.264 e. The molecule has 236 valence electrons. The second-order valence-corrected chi connectivity index (χ2v) is 13.1. The van der Waals surface area contributed by atoms with Crippen molar-refractivity contribution in [3.05, 3.63) is 130 Å². The van der Waals surface area contributed by atoms with Crippen LogP contribution in [0.4, 0.5) is 10.1 Å². The van der Waals surface area contributed by atoms with Gasteiger partial charge in [0.05, 0.1) is 10.6 Å². The number of hydrogen-bond donors (Lipinski definition) is 1. The van der Waals surface area contributed by atoms with Crippen molar-refractivity contribution in [1.29, 1.82) is 0 Å². The average Bonchev–Trinajstić information content (AvgIpc) is 3.03. The van der Waals surface area contributed by atoms with Gasteiger partial charge in [0.15, 0.2) is 0 Å². The van der Waals surface area contributed by atoms with Crippen molar-refractivity contribution in [2.24, 2.45) is 0 Å². The quantitative estimate of drug-likeness (QED) is 0.180. The van der Waals surface area contributed by atoms with E-state index >= 15 is 0 Å². The van der Waals surface area contributed by atoms with Crippen LogP contribution in [-0.4, -0.2) is 44.3 Å². The fraction of sp³-hybridized carbons (Fsp3) is 0.257. The second-order valence-electron chi connectivity index (χ2n) is 10.9. The summed E-state index contributed by atoms with van der Waals surface area (Å²) in [5.74, 6) is -1.42. The first-order chi connectivity index (χ1) is 21.5. The number of amides is 2. The van der Waals surface area contributed by atoms with Gasteiger partial charge in [-0.15, -0.1) is 0 Å². The minimum absolute atomic E-state index is 0.00637. The van der Waals surface area contributed by atoms with Gasteiger partial charge >= 0.3 is 0 Å². The van der Waals surface area contributed by atoms with E-state index in [9.17, 15) is 22.4 Å². The molecule has 0 radical (unpaired) electrons. The predicted octanol–water partition coefficient (Wildman–Crippen LogP) is 6.46. The van der Waals surface area contributed by atoms with Gasteiger partial charge in [-0.2, -0.15) is 0 Å².